The molecule has 5 heteroatoms. The van der Waals surface area contributed by atoms with Crippen LogP contribution in [-0.4, -0.2) is 10.9 Å². The molecule has 0 radical (unpaired) electrons. The van der Waals surface area contributed by atoms with Gasteiger partial charge in [-0.25, -0.2) is 4.98 Å². The van der Waals surface area contributed by atoms with Gasteiger partial charge in [0.2, 0.25) is 5.89 Å². The molecule has 1 amide bonds. The van der Waals surface area contributed by atoms with E-state index < -0.39 is 0 Å². The summed E-state index contributed by atoms with van der Waals surface area (Å²) in [4.78, 5) is 17.3. The smallest absolute Gasteiger partial charge is 0.256 e. The monoisotopic (exact) mass is 398 g/mol. The van der Waals surface area contributed by atoms with Crippen molar-refractivity contribution in [2.45, 2.75) is 0 Å². The molecular formula is C24H15ClN2O2. The predicted octanol–water partition coefficient (Wildman–Crippen LogP) is 6.55. The first-order chi connectivity index (χ1) is 14.2. The molecule has 1 aromatic heterocycles. The van der Waals surface area contributed by atoms with E-state index in [9.17, 15) is 4.79 Å². The fourth-order valence-electron chi connectivity index (χ4n) is 3.36. The van der Waals surface area contributed by atoms with E-state index in [1.54, 1.807) is 6.07 Å². The average Bonchev–Trinajstić information content (AvgIpc) is 3.18. The lowest BCUT2D eigenvalue weighted by Gasteiger charge is -2.09. The summed E-state index contributed by atoms with van der Waals surface area (Å²) in [6, 6.07) is 26.1. The number of hydrogen-bond donors (Lipinski definition) is 1. The molecule has 0 aliphatic heterocycles. The average molecular weight is 399 g/mol. The van der Waals surface area contributed by atoms with Crippen LogP contribution < -0.4 is 5.32 Å². The fourth-order valence-corrected chi connectivity index (χ4v) is 3.60. The van der Waals surface area contributed by atoms with Gasteiger partial charge in [0.25, 0.3) is 5.91 Å². The third-order valence-corrected chi connectivity index (χ3v) is 5.13. The summed E-state index contributed by atoms with van der Waals surface area (Å²) in [6.07, 6.45) is 0. The Morgan fingerprint density at radius 3 is 2.41 bits per heavy atom. The molecule has 1 N–H and O–H groups in total. The zero-order chi connectivity index (χ0) is 19.8. The number of para-hydroxylation sites is 2. The van der Waals surface area contributed by atoms with E-state index in [4.69, 9.17) is 16.0 Å². The van der Waals surface area contributed by atoms with Crippen LogP contribution >= 0.6 is 11.6 Å². The van der Waals surface area contributed by atoms with Crippen LogP contribution in [0.1, 0.15) is 10.4 Å². The summed E-state index contributed by atoms with van der Waals surface area (Å²) in [5.74, 6) is 0.361. The van der Waals surface area contributed by atoms with Crippen LogP contribution in [-0.2, 0) is 0 Å². The number of oxazole rings is 1. The van der Waals surface area contributed by atoms with Crippen molar-refractivity contribution in [2.75, 3.05) is 5.32 Å². The molecule has 0 unspecified atom stereocenters. The van der Waals surface area contributed by atoms with Crippen LogP contribution in [0.15, 0.2) is 89.3 Å². The molecule has 4 aromatic carbocycles. The molecule has 4 nitrogen and oxygen atoms in total. The van der Waals surface area contributed by atoms with Gasteiger partial charge in [-0.3, -0.25) is 4.79 Å². The van der Waals surface area contributed by atoms with E-state index in [1.807, 2.05) is 78.9 Å². The first-order valence-electron chi connectivity index (χ1n) is 9.14. The molecule has 5 aromatic rings. The zero-order valence-electron chi connectivity index (χ0n) is 15.2. The van der Waals surface area contributed by atoms with Gasteiger partial charge in [-0.15, -0.1) is 0 Å². The standard InChI is InChI=1S/C24H15ClN2O2/c25-20-8-4-5-17-18(20)6-3-7-19(17)23(28)26-16-13-11-15(12-14-16)24-27-21-9-1-2-10-22(21)29-24/h1-14H,(H,26,28). The van der Waals surface area contributed by atoms with Crippen LogP contribution in [0.2, 0.25) is 5.02 Å². The normalized spacial score (nSPS) is 11.1. The van der Waals surface area contributed by atoms with Gasteiger partial charge in [0, 0.05) is 27.2 Å². The molecule has 0 bridgehead atoms. The minimum atomic E-state index is -0.188. The van der Waals surface area contributed by atoms with E-state index in [2.05, 4.69) is 10.3 Å². The Morgan fingerprint density at radius 2 is 1.59 bits per heavy atom. The Morgan fingerprint density at radius 1 is 0.828 bits per heavy atom. The summed E-state index contributed by atoms with van der Waals surface area (Å²) >= 11 is 6.25. The van der Waals surface area contributed by atoms with E-state index in [1.165, 1.54) is 0 Å². The summed E-state index contributed by atoms with van der Waals surface area (Å²) in [6.45, 7) is 0. The van der Waals surface area contributed by atoms with Crippen LogP contribution in [0.4, 0.5) is 5.69 Å². The van der Waals surface area contributed by atoms with Crippen molar-refractivity contribution in [3.8, 4) is 11.5 Å². The van der Waals surface area contributed by atoms with Crippen LogP contribution in [0.3, 0.4) is 0 Å². The fraction of sp³-hybridized carbons (Fsp3) is 0. The van der Waals surface area contributed by atoms with Gasteiger partial charge < -0.3 is 9.73 Å². The molecule has 0 fully saturated rings. The van der Waals surface area contributed by atoms with Gasteiger partial charge in [-0.1, -0.05) is 48.0 Å². The topological polar surface area (TPSA) is 55.1 Å². The molecule has 0 aliphatic carbocycles. The highest BCUT2D eigenvalue weighted by atomic mass is 35.5. The van der Waals surface area contributed by atoms with Crippen molar-refractivity contribution in [2.24, 2.45) is 0 Å². The minimum absolute atomic E-state index is 0.188. The maximum atomic E-state index is 12.8. The third-order valence-electron chi connectivity index (χ3n) is 4.80. The number of nitrogens with one attached hydrogen (secondary N) is 1. The van der Waals surface area contributed by atoms with Gasteiger partial charge in [0.1, 0.15) is 5.52 Å². The Bertz CT molecular complexity index is 1320. The summed E-state index contributed by atoms with van der Waals surface area (Å²) in [7, 11) is 0. The first kappa shape index (κ1) is 17.5. The molecule has 5 rings (SSSR count). The van der Waals surface area contributed by atoms with Gasteiger partial charge in [0.15, 0.2) is 5.58 Å². The maximum absolute atomic E-state index is 12.8. The van der Waals surface area contributed by atoms with E-state index >= 15 is 0 Å². The van der Waals surface area contributed by atoms with E-state index in [0.29, 0.717) is 22.2 Å². The minimum Gasteiger partial charge on any atom is -0.436 e. The van der Waals surface area contributed by atoms with Crippen molar-refractivity contribution in [1.82, 2.24) is 4.98 Å². The number of carbonyl (C=O) groups excluding carboxylic acids is 1. The highest BCUT2D eigenvalue weighted by Crippen LogP contribution is 2.28. The van der Waals surface area contributed by atoms with Gasteiger partial charge >= 0.3 is 0 Å². The Hall–Kier alpha value is -3.63. The highest BCUT2D eigenvalue weighted by Gasteiger charge is 2.12. The van der Waals surface area contributed by atoms with Crippen molar-refractivity contribution in [3.05, 3.63) is 95.5 Å². The number of nitrogens with zero attached hydrogens (tertiary/aromatic N) is 1. The molecule has 0 spiro atoms. The maximum Gasteiger partial charge on any atom is 0.256 e. The molecule has 1 heterocycles. The number of fused-ring (bicyclic) bond motifs is 2. The van der Waals surface area contributed by atoms with Gasteiger partial charge in [-0.2, -0.15) is 0 Å². The van der Waals surface area contributed by atoms with Crippen molar-refractivity contribution >= 4 is 45.1 Å². The van der Waals surface area contributed by atoms with Crippen molar-refractivity contribution in [3.63, 3.8) is 0 Å². The molecular weight excluding hydrogens is 384 g/mol. The second-order valence-corrected chi connectivity index (χ2v) is 7.07. The van der Waals surface area contributed by atoms with E-state index in [-0.39, 0.29) is 5.91 Å². The number of halogens is 1. The van der Waals surface area contributed by atoms with E-state index in [0.717, 1.165) is 27.4 Å². The van der Waals surface area contributed by atoms with Crippen molar-refractivity contribution < 1.29 is 9.21 Å². The zero-order valence-corrected chi connectivity index (χ0v) is 16.0. The second kappa shape index (κ2) is 7.08. The molecule has 29 heavy (non-hydrogen) atoms. The quantitative estimate of drug-likeness (QED) is 0.374. The molecule has 0 saturated heterocycles. The number of hydrogen-bond acceptors (Lipinski definition) is 3. The molecule has 0 saturated carbocycles. The number of carbonyl (C=O) groups is 1. The van der Waals surface area contributed by atoms with Crippen molar-refractivity contribution in [1.29, 1.82) is 0 Å². The molecule has 140 valence electrons. The number of benzene rings is 4. The van der Waals surface area contributed by atoms with Gasteiger partial charge in [0.05, 0.1) is 0 Å². The largest absolute Gasteiger partial charge is 0.436 e. The Kier molecular flexibility index (Phi) is 4.26. The third kappa shape index (κ3) is 3.24. The molecule has 0 aliphatic rings. The SMILES string of the molecule is O=C(Nc1ccc(-c2nc3ccccc3o2)cc1)c1cccc2c(Cl)cccc12. The first-order valence-corrected chi connectivity index (χ1v) is 9.51. The number of aromatic nitrogens is 1. The lowest BCUT2D eigenvalue weighted by Crippen LogP contribution is -2.12. The lowest BCUT2D eigenvalue weighted by molar-refractivity contribution is 0.102. The van der Waals surface area contributed by atoms with Gasteiger partial charge in [-0.05, 0) is 53.9 Å². The summed E-state index contributed by atoms with van der Waals surface area (Å²) in [5, 5.41) is 5.24. The number of rotatable bonds is 3. The number of anilines is 1. The predicted molar refractivity (Wildman–Crippen MR) is 116 cm³/mol. The van der Waals surface area contributed by atoms with Crippen LogP contribution in [0.5, 0.6) is 0 Å². The molecule has 0 atom stereocenters. The van der Waals surface area contributed by atoms with Crippen LogP contribution in [0.25, 0.3) is 33.3 Å². The summed E-state index contributed by atoms with van der Waals surface area (Å²) < 4.78 is 5.79. The Labute approximate surface area is 171 Å². The van der Waals surface area contributed by atoms with Crippen LogP contribution in [0, 0.1) is 0 Å². The Balaban J connectivity index is 1.41. The summed E-state index contributed by atoms with van der Waals surface area (Å²) in [5.41, 5.74) is 3.67. The second-order valence-electron chi connectivity index (χ2n) is 6.66. The number of amides is 1. The highest BCUT2D eigenvalue weighted by molar-refractivity contribution is 6.36. The lowest BCUT2D eigenvalue weighted by atomic mass is 10.0.